The molecule has 0 aliphatic heterocycles. The Morgan fingerprint density at radius 3 is 2.71 bits per heavy atom. The first-order chi connectivity index (χ1) is 8.08. The van der Waals surface area contributed by atoms with E-state index in [0.717, 1.165) is 31.2 Å². The molecule has 0 amide bonds. The van der Waals surface area contributed by atoms with E-state index < -0.39 is 17.2 Å². The molecule has 94 valence electrons. The highest BCUT2D eigenvalue weighted by Gasteiger charge is 2.37. The average molecular weight is 239 g/mol. The summed E-state index contributed by atoms with van der Waals surface area (Å²) in [5.41, 5.74) is 6.72. The lowest BCUT2D eigenvalue weighted by Gasteiger charge is -2.41. The van der Waals surface area contributed by atoms with E-state index in [-0.39, 0.29) is 0 Å². The highest BCUT2D eigenvalue weighted by molar-refractivity contribution is 5.27. The van der Waals surface area contributed by atoms with Crippen molar-refractivity contribution in [2.24, 2.45) is 11.7 Å². The third kappa shape index (κ3) is 2.21. The molecule has 1 aliphatic carbocycles. The van der Waals surface area contributed by atoms with Crippen molar-refractivity contribution in [1.29, 1.82) is 0 Å². The van der Waals surface area contributed by atoms with Crippen LogP contribution in [-0.2, 0) is 5.54 Å². The van der Waals surface area contributed by atoms with Gasteiger partial charge in [0.25, 0.3) is 0 Å². The van der Waals surface area contributed by atoms with Gasteiger partial charge in [-0.25, -0.2) is 8.78 Å². The van der Waals surface area contributed by atoms with E-state index in [9.17, 15) is 8.78 Å². The molecule has 0 spiro atoms. The molecule has 0 radical (unpaired) electrons. The van der Waals surface area contributed by atoms with Crippen molar-refractivity contribution in [3.8, 4) is 0 Å². The normalized spacial score (nSPS) is 29.3. The molecule has 0 bridgehead atoms. The number of nitrogens with two attached hydrogens (primary N) is 1. The lowest BCUT2D eigenvalue weighted by molar-refractivity contribution is 0.183. The molecule has 3 heteroatoms. The molecule has 0 saturated heterocycles. The van der Waals surface area contributed by atoms with Crippen LogP contribution in [0.2, 0.25) is 0 Å². The zero-order chi connectivity index (χ0) is 12.5. The van der Waals surface area contributed by atoms with Gasteiger partial charge in [0.15, 0.2) is 11.6 Å². The van der Waals surface area contributed by atoms with Crippen molar-refractivity contribution in [3.63, 3.8) is 0 Å². The molecule has 2 N–H and O–H groups in total. The molecule has 1 fully saturated rings. The first-order valence-electron chi connectivity index (χ1n) is 6.32. The number of benzene rings is 1. The van der Waals surface area contributed by atoms with Gasteiger partial charge in [-0.15, -0.1) is 0 Å². The maximum atomic E-state index is 13.3. The van der Waals surface area contributed by atoms with Crippen molar-refractivity contribution in [2.45, 2.75) is 44.6 Å². The summed E-state index contributed by atoms with van der Waals surface area (Å²) in [6, 6.07) is 4.08. The molecule has 1 aromatic rings. The van der Waals surface area contributed by atoms with Crippen molar-refractivity contribution in [2.75, 3.05) is 0 Å². The van der Waals surface area contributed by atoms with Gasteiger partial charge in [-0.1, -0.05) is 32.3 Å². The van der Waals surface area contributed by atoms with Gasteiger partial charge in [0.05, 0.1) is 0 Å². The molecule has 1 aliphatic rings. The first kappa shape index (κ1) is 12.5. The number of halogens is 2. The summed E-state index contributed by atoms with van der Waals surface area (Å²) >= 11 is 0. The molecule has 1 saturated carbocycles. The Bertz CT molecular complexity index is 405. The Kier molecular flexibility index (Phi) is 3.48. The van der Waals surface area contributed by atoms with Crippen molar-refractivity contribution in [1.82, 2.24) is 0 Å². The predicted octanol–water partition coefficient (Wildman–Crippen LogP) is 3.72. The van der Waals surface area contributed by atoms with Crippen LogP contribution in [0.4, 0.5) is 8.78 Å². The topological polar surface area (TPSA) is 26.0 Å². The summed E-state index contributed by atoms with van der Waals surface area (Å²) in [6.45, 7) is 2.11. The van der Waals surface area contributed by atoms with Gasteiger partial charge in [0.1, 0.15) is 0 Å². The van der Waals surface area contributed by atoms with Gasteiger partial charge in [0, 0.05) is 5.54 Å². The highest BCUT2D eigenvalue weighted by atomic mass is 19.2. The van der Waals surface area contributed by atoms with Gasteiger partial charge in [-0.2, -0.15) is 0 Å². The van der Waals surface area contributed by atoms with Crippen molar-refractivity contribution >= 4 is 0 Å². The Hall–Kier alpha value is -0.960. The quantitative estimate of drug-likeness (QED) is 0.836. The summed E-state index contributed by atoms with van der Waals surface area (Å²) in [6.07, 6.45) is 5.16. The van der Waals surface area contributed by atoms with Crippen LogP contribution in [-0.4, -0.2) is 0 Å². The Balaban J connectivity index is 2.37. The number of hydrogen-bond acceptors (Lipinski definition) is 1. The van der Waals surface area contributed by atoms with E-state index in [0.29, 0.717) is 5.92 Å². The molecular weight excluding hydrogens is 220 g/mol. The average Bonchev–Trinajstić information content (AvgIpc) is 2.33. The lowest BCUT2D eigenvalue weighted by atomic mass is 9.68. The Morgan fingerprint density at radius 1 is 1.29 bits per heavy atom. The fraction of sp³-hybridized carbons (Fsp3) is 0.571. The fourth-order valence-corrected chi connectivity index (χ4v) is 3.00. The third-order valence-corrected chi connectivity index (χ3v) is 4.07. The maximum Gasteiger partial charge on any atom is 0.159 e. The second-order valence-electron chi connectivity index (χ2n) is 5.02. The van der Waals surface area contributed by atoms with E-state index >= 15 is 0 Å². The highest BCUT2D eigenvalue weighted by Crippen LogP contribution is 2.41. The zero-order valence-corrected chi connectivity index (χ0v) is 10.2. The van der Waals surface area contributed by atoms with Crippen LogP contribution in [0, 0.1) is 17.6 Å². The monoisotopic (exact) mass is 239 g/mol. The Morgan fingerprint density at radius 2 is 2.06 bits per heavy atom. The molecule has 0 aromatic heterocycles. The van der Waals surface area contributed by atoms with Crippen LogP contribution in [0.15, 0.2) is 18.2 Å². The Labute approximate surface area is 101 Å². The predicted molar refractivity (Wildman–Crippen MR) is 64.5 cm³/mol. The first-order valence-corrected chi connectivity index (χ1v) is 6.32. The maximum absolute atomic E-state index is 13.3. The molecular formula is C14H19F2N. The zero-order valence-electron chi connectivity index (χ0n) is 10.2. The molecule has 2 atom stereocenters. The van der Waals surface area contributed by atoms with E-state index in [2.05, 4.69) is 6.92 Å². The van der Waals surface area contributed by atoms with Gasteiger partial charge >= 0.3 is 0 Å². The van der Waals surface area contributed by atoms with Crippen LogP contribution in [0.25, 0.3) is 0 Å². The minimum atomic E-state index is -0.804. The van der Waals surface area contributed by atoms with E-state index in [1.165, 1.54) is 18.6 Å². The number of rotatable bonds is 2. The standard InChI is InChI=1S/C14H19F2N/c1-2-10-5-3-4-8-14(10,17)11-6-7-12(15)13(16)9-11/h6-7,9-10H,2-5,8,17H2,1H3. The minimum Gasteiger partial charge on any atom is -0.321 e. The lowest BCUT2D eigenvalue weighted by Crippen LogP contribution is -2.46. The summed E-state index contributed by atoms with van der Waals surface area (Å²) in [7, 11) is 0. The van der Waals surface area contributed by atoms with Gasteiger partial charge in [-0.05, 0) is 36.5 Å². The van der Waals surface area contributed by atoms with Crippen LogP contribution in [0.3, 0.4) is 0 Å². The molecule has 0 heterocycles. The SMILES string of the molecule is CCC1CCCCC1(N)c1ccc(F)c(F)c1. The van der Waals surface area contributed by atoms with Gasteiger partial charge in [-0.3, -0.25) is 0 Å². The fourth-order valence-electron chi connectivity index (χ4n) is 3.00. The van der Waals surface area contributed by atoms with Crippen LogP contribution in [0.5, 0.6) is 0 Å². The molecule has 1 aromatic carbocycles. The molecule has 2 unspecified atom stereocenters. The third-order valence-electron chi connectivity index (χ3n) is 4.07. The smallest absolute Gasteiger partial charge is 0.159 e. The van der Waals surface area contributed by atoms with Gasteiger partial charge < -0.3 is 5.73 Å². The van der Waals surface area contributed by atoms with Crippen molar-refractivity contribution in [3.05, 3.63) is 35.4 Å². The summed E-state index contributed by atoms with van der Waals surface area (Å²) in [4.78, 5) is 0. The van der Waals surface area contributed by atoms with E-state index in [1.54, 1.807) is 6.07 Å². The van der Waals surface area contributed by atoms with Crippen LogP contribution in [0.1, 0.15) is 44.6 Å². The van der Waals surface area contributed by atoms with Crippen molar-refractivity contribution < 1.29 is 8.78 Å². The second kappa shape index (κ2) is 4.73. The van der Waals surface area contributed by atoms with E-state index in [4.69, 9.17) is 5.73 Å². The van der Waals surface area contributed by atoms with Crippen LogP contribution >= 0.6 is 0 Å². The summed E-state index contributed by atoms with van der Waals surface area (Å²) < 4.78 is 26.3. The molecule has 1 nitrogen and oxygen atoms in total. The number of hydrogen-bond donors (Lipinski definition) is 1. The summed E-state index contributed by atoms with van der Waals surface area (Å²) in [5, 5.41) is 0. The molecule has 17 heavy (non-hydrogen) atoms. The molecule has 2 rings (SSSR count). The second-order valence-corrected chi connectivity index (χ2v) is 5.02. The largest absolute Gasteiger partial charge is 0.321 e. The minimum absolute atomic E-state index is 0.362. The van der Waals surface area contributed by atoms with Gasteiger partial charge in [0.2, 0.25) is 0 Å². The van der Waals surface area contributed by atoms with E-state index in [1.807, 2.05) is 0 Å². The van der Waals surface area contributed by atoms with Crippen LogP contribution < -0.4 is 5.73 Å². The summed E-state index contributed by atoms with van der Waals surface area (Å²) in [5.74, 6) is -1.24.